The minimum Gasteiger partial charge on any atom is -0.460 e. The summed E-state index contributed by atoms with van der Waals surface area (Å²) in [6, 6.07) is 13.8. The van der Waals surface area contributed by atoms with Gasteiger partial charge >= 0.3 is 5.97 Å². The third-order valence-electron chi connectivity index (χ3n) is 4.10. The van der Waals surface area contributed by atoms with E-state index in [2.05, 4.69) is 15.2 Å². The van der Waals surface area contributed by atoms with Crippen LogP contribution in [0.25, 0.3) is 22.4 Å². The molecule has 0 radical (unpaired) electrons. The van der Waals surface area contributed by atoms with Gasteiger partial charge < -0.3 is 9.15 Å². The highest BCUT2D eigenvalue weighted by Gasteiger charge is 2.22. The van der Waals surface area contributed by atoms with Gasteiger partial charge in [-0.15, -0.1) is 5.10 Å². The number of hydrogen-bond donors (Lipinski definition) is 1. The van der Waals surface area contributed by atoms with Crippen LogP contribution in [0.2, 0.25) is 0 Å². The lowest BCUT2D eigenvalue weighted by Crippen LogP contribution is -2.05. The highest BCUT2D eigenvalue weighted by atomic mass is 32.2. The van der Waals surface area contributed by atoms with Crippen molar-refractivity contribution < 1.29 is 18.3 Å². The number of thioether (sulfide) groups is 1. The Morgan fingerprint density at radius 1 is 1.21 bits per heavy atom. The highest BCUT2D eigenvalue weighted by molar-refractivity contribution is 7.98. The zero-order valence-corrected chi connectivity index (χ0v) is 15.8. The van der Waals surface area contributed by atoms with Gasteiger partial charge in [-0.1, -0.05) is 42.1 Å². The van der Waals surface area contributed by atoms with Gasteiger partial charge in [-0.25, -0.2) is 14.2 Å². The first-order chi connectivity index (χ1) is 13.7. The molecule has 6 nitrogen and oxygen atoms in total. The van der Waals surface area contributed by atoms with E-state index in [9.17, 15) is 9.18 Å². The largest absolute Gasteiger partial charge is 0.460 e. The zero-order valence-electron chi connectivity index (χ0n) is 14.9. The van der Waals surface area contributed by atoms with E-state index in [-0.39, 0.29) is 18.2 Å². The Kier molecular flexibility index (Phi) is 5.12. The number of carbonyl (C=O) groups excluding carboxylic acids is 1. The Hall–Kier alpha value is -3.13. The second-order valence-corrected chi connectivity index (χ2v) is 6.80. The van der Waals surface area contributed by atoms with Gasteiger partial charge in [0.2, 0.25) is 10.9 Å². The number of para-hydroxylation sites is 1. The number of nitrogens with one attached hydrogen (secondary N) is 1. The fourth-order valence-electron chi connectivity index (χ4n) is 2.83. The maximum absolute atomic E-state index is 13.9. The molecular formula is C20H16FN3O3S. The van der Waals surface area contributed by atoms with Crippen molar-refractivity contribution in [2.24, 2.45) is 0 Å². The van der Waals surface area contributed by atoms with Crippen molar-refractivity contribution in [2.45, 2.75) is 17.8 Å². The number of H-pyrrole nitrogens is 1. The van der Waals surface area contributed by atoms with Gasteiger partial charge in [0.1, 0.15) is 11.4 Å². The lowest BCUT2D eigenvalue weighted by Gasteiger charge is -2.01. The molecule has 142 valence electrons. The number of esters is 1. The summed E-state index contributed by atoms with van der Waals surface area (Å²) in [5.74, 6) is 0.0559. The molecule has 2 aromatic heterocycles. The van der Waals surface area contributed by atoms with E-state index in [0.29, 0.717) is 27.9 Å². The molecule has 4 rings (SSSR count). The number of benzene rings is 2. The molecule has 0 spiro atoms. The molecule has 0 aliphatic heterocycles. The topological polar surface area (TPSA) is 81.0 Å². The maximum atomic E-state index is 13.9. The monoisotopic (exact) mass is 397 g/mol. The first kappa shape index (κ1) is 18.2. The molecule has 28 heavy (non-hydrogen) atoms. The summed E-state index contributed by atoms with van der Waals surface area (Å²) in [7, 11) is 0. The standard InChI is InChI=1S/C20H16FN3O3S/c1-2-26-19(25)17-14(12-7-4-6-10-16(12)27-17)11-28-20-22-18(23-24-20)13-8-3-5-9-15(13)21/h3-10H,2,11H2,1H3,(H,22,23,24). The quantitative estimate of drug-likeness (QED) is 0.371. The number of ether oxygens (including phenoxy) is 1. The predicted molar refractivity (Wildman–Crippen MR) is 104 cm³/mol. The van der Waals surface area contributed by atoms with E-state index in [4.69, 9.17) is 9.15 Å². The van der Waals surface area contributed by atoms with Crippen LogP contribution >= 0.6 is 11.8 Å². The summed E-state index contributed by atoms with van der Waals surface area (Å²) >= 11 is 1.32. The molecule has 4 aromatic rings. The smallest absolute Gasteiger partial charge is 0.374 e. The molecule has 0 aliphatic carbocycles. The zero-order chi connectivity index (χ0) is 19.5. The van der Waals surface area contributed by atoms with E-state index < -0.39 is 5.97 Å². The van der Waals surface area contributed by atoms with Crippen LogP contribution in [0.15, 0.2) is 58.1 Å². The second-order valence-electron chi connectivity index (χ2n) is 5.86. The first-order valence-electron chi connectivity index (χ1n) is 8.65. The van der Waals surface area contributed by atoms with Gasteiger partial charge in [0.05, 0.1) is 12.2 Å². The van der Waals surface area contributed by atoms with E-state index >= 15 is 0 Å². The number of carbonyl (C=O) groups is 1. The molecule has 0 fully saturated rings. The number of fused-ring (bicyclic) bond motifs is 1. The number of furan rings is 1. The molecule has 0 saturated carbocycles. The van der Waals surface area contributed by atoms with Crippen LogP contribution in [0.4, 0.5) is 4.39 Å². The van der Waals surface area contributed by atoms with Gasteiger partial charge in [0.25, 0.3) is 0 Å². The van der Waals surface area contributed by atoms with Crippen LogP contribution in [-0.4, -0.2) is 27.8 Å². The average molecular weight is 397 g/mol. The van der Waals surface area contributed by atoms with Crippen molar-refractivity contribution in [3.63, 3.8) is 0 Å². The van der Waals surface area contributed by atoms with Crippen LogP contribution in [-0.2, 0) is 10.5 Å². The maximum Gasteiger partial charge on any atom is 0.374 e. The Balaban J connectivity index is 1.60. The van der Waals surface area contributed by atoms with Crippen molar-refractivity contribution in [3.8, 4) is 11.4 Å². The summed E-state index contributed by atoms with van der Waals surface area (Å²) in [5.41, 5.74) is 1.68. The SMILES string of the molecule is CCOC(=O)c1oc2ccccc2c1CSc1n[nH]c(-c2ccccc2F)n1. The van der Waals surface area contributed by atoms with Crippen LogP contribution < -0.4 is 0 Å². The van der Waals surface area contributed by atoms with Gasteiger partial charge in [-0.2, -0.15) is 0 Å². The van der Waals surface area contributed by atoms with E-state index in [1.807, 2.05) is 18.2 Å². The van der Waals surface area contributed by atoms with Crippen molar-refractivity contribution >= 4 is 28.7 Å². The Morgan fingerprint density at radius 2 is 2.00 bits per heavy atom. The molecule has 2 aromatic carbocycles. The summed E-state index contributed by atoms with van der Waals surface area (Å²) in [6.07, 6.45) is 0. The van der Waals surface area contributed by atoms with E-state index in [1.54, 1.807) is 31.2 Å². The number of aromatic amines is 1. The van der Waals surface area contributed by atoms with E-state index in [0.717, 1.165) is 10.9 Å². The van der Waals surface area contributed by atoms with Gasteiger partial charge in [-0.3, -0.25) is 5.10 Å². The average Bonchev–Trinajstić information content (AvgIpc) is 3.31. The lowest BCUT2D eigenvalue weighted by molar-refractivity contribution is 0.0491. The Labute approximate surface area is 164 Å². The Bertz CT molecular complexity index is 1140. The summed E-state index contributed by atoms with van der Waals surface area (Å²) < 4.78 is 24.7. The van der Waals surface area contributed by atoms with Crippen molar-refractivity contribution in [1.82, 2.24) is 15.2 Å². The molecule has 0 unspecified atom stereocenters. The first-order valence-corrected chi connectivity index (χ1v) is 9.63. The number of hydrogen-bond acceptors (Lipinski definition) is 6. The summed E-state index contributed by atoms with van der Waals surface area (Å²) in [4.78, 5) is 16.6. The molecule has 0 saturated heterocycles. The van der Waals surface area contributed by atoms with Crippen molar-refractivity contribution in [2.75, 3.05) is 6.61 Å². The molecule has 0 atom stereocenters. The number of nitrogens with zero attached hydrogens (tertiary/aromatic N) is 2. The minimum atomic E-state index is -0.503. The third kappa shape index (κ3) is 3.50. The summed E-state index contributed by atoms with van der Waals surface area (Å²) in [6.45, 7) is 2.00. The predicted octanol–water partition coefficient (Wildman–Crippen LogP) is 4.83. The van der Waals surface area contributed by atoms with Crippen LogP contribution in [0.1, 0.15) is 23.0 Å². The molecule has 0 bridgehead atoms. The van der Waals surface area contributed by atoms with E-state index in [1.165, 1.54) is 17.8 Å². The fraction of sp³-hybridized carbons (Fsp3) is 0.150. The molecule has 1 N–H and O–H groups in total. The van der Waals surface area contributed by atoms with Crippen LogP contribution in [0, 0.1) is 5.82 Å². The summed E-state index contributed by atoms with van der Waals surface area (Å²) in [5, 5.41) is 8.17. The minimum absolute atomic E-state index is 0.181. The number of rotatable bonds is 6. The third-order valence-corrected chi connectivity index (χ3v) is 4.97. The number of aromatic nitrogens is 3. The number of halogens is 1. The van der Waals surface area contributed by atoms with Crippen LogP contribution in [0.5, 0.6) is 0 Å². The molecular weight excluding hydrogens is 381 g/mol. The fourth-order valence-corrected chi connectivity index (χ4v) is 3.65. The molecule has 8 heteroatoms. The molecule has 0 aliphatic rings. The molecule has 2 heterocycles. The van der Waals surface area contributed by atoms with Gasteiger partial charge in [-0.05, 0) is 25.1 Å². The van der Waals surface area contributed by atoms with Crippen LogP contribution in [0.3, 0.4) is 0 Å². The molecule has 0 amide bonds. The second kappa shape index (κ2) is 7.85. The highest BCUT2D eigenvalue weighted by Crippen LogP contribution is 2.32. The van der Waals surface area contributed by atoms with Gasteiger partial charge in [0.15, 0.2) is 5.82 Å². The lowest BCUT2D eigenvalue weighted by atomic mass is 10.1. The van der Waals surface area contributed by atoms with Crippen molar-refractivity contribution in [3.05, 3.63) is 65.7 Å². The Morgan fingerprint density at radius 3 is 2.82 bits per heavy atom. The van der Waals surface area contributed by atoms with Gasteiger partial charge in [0, 0.05) is 16.7 Å². The normalized spacial score (nSPS) is 11.1. The van der Waals surface area contributed by atoms with Crippen molar-refractivity contribution in [1.29, 1.82) is 0 Å².